The van der Waals surface area contributed by atoms with Gasteiger partial charge in [-0.1, -0.05) is 18.2 Å². The van der Waals surface area contributed by atoms with Crippen molar-refractivity contribution in [1.29, 1.82) is 0 Å². The molecule has 3 heteroatoms. The zero-order chi connectivity index (χ0) is 9.47. The van der Waals surface area contributed by atoms with Crippen LogP contribution in [-0.2, 0) is 12.3 Å². The van der Waals surface area contributed by atoms with Crippen LogP contribution in [0.5, 0.6) is 0 Å². The number of rotatable bonds is 1. The largest absolute Gasteiger partial charge is 0.384 e. The predicted molar refractivity (Wildman–Crippen MR) is 48.2 cm³/mol. The fraction of sp³-hybridized carbons (Fsp3) is 0.400. The van der Waals surface area contributed by atoms with Crippen LogP contribution in [0.3, 0.4) is 0 Å². The van der Waals surface area contributed by atoms with Gasteiger partial charge in [0.2, 0.25) is 0 Å². The molecule has 0 saturated carbocycles. The van der Waals surface area contributed by atoms with Crippen molar-refractivity contribution in [2.24, 2.45) is 0 Å². The molecular formula is C10H11F2N. The Kier molecular flexibility index (Phi) is 1.75. The summed E-state index contributed by atoms with van der Waals surface area (Å²) in [7, 11) is 0. The van der Waals surface area contributed by atoms with Gasteiger partial charge in [0.15, 0.2) is 0 Å². The predicted octanol–water partition coefficient (Wildman–Crippen LogP) is 2.77. The number of hydrogen-bond acceptors (Lipinski definition) is 1. The first-order chi connectivity index (χ1) is 6.09. The molecule has 70 valence electrons. The molecule has 1 aliphatic rings. The highest BCUT2D eigenvalue weighted by Crippen LogP contribution is 2.36. The van der Waals surface area contributed by atoms with Crippen molar-refractivity contribution in [3.63, 3.8) is 0 Å². The Labute approximate surface area is 75.8 Å². The standard InChI is InChI=1S/C10H11F2N/c1-10(11,12)8-4-2-3-7-5-6-13-9(7)8/h2-4,13H,5-6H2,1H3. The van der Waals surface area contributed by atoms with Gasteiger partial charge in [-0.15, -0.1) is 0 Å². The van der Waals surface area contributed by atoms with E-state index in [0.717, 1.165) is 25.5 Å². The lowest BCUT2D eigenvalue weighted by atomic mass is 10.0. The third kappa shape index (κ3) is 1.39. The molecule has 0 spiro atoms. The van der Waals surface area contributed by atoms with Gasteiger partial charge in [-0.2, -0.15) is 0 Å². The molecule has 0 saturated heterocycles. The number of alkyl halides is 2. The third-order valence-electron chi connectivity index (χ3n) is 2.32. The quantitative estimate of drug-likeness (QED) is 0.705. The second kappa shape index (κ2) is 2.69. The van der Waals surface area contributed by atoms with E-state index < -0.39 is 5.92 Å². The molecule has 0 bridgehead atoms. The molecule has 1 aromatic carbocycles. The minimum atomic E-state index is -2.75. The molecule has 0 aromatic heterocycles. The van der Waals surface area contributed by atoms with E-state index in [-0.39, 0.29) is 5.56 Å². The normalized spacial score (nSPS) is 15.3. The zero-order valence-corrected chi connectivity index (χ0v) is 7.40. The van der Waals surface area contributed by atoms with E-state index in [1.165, 1.54) is 6.07 Å². The molecule has 0 atom stereocenters. The van der Waals surface area contributed by atoms with Crippen LogP contribution in [0.25, 0.3) is 0 Å². The van der Waals surface area contributed by atoms with Crippen molar-refractivity contribution in [2.45, 2.75) is 19.3 Å². The summed E-state index contributed by atoms with van der Waals surface area (Å²) < 4.78 is 26.1. The molecule has 1 aromatic rings. The Hall–Kier alpha value is -1.12. The third-order valence-corrected chi connectivity index (χ3v) is 2.32. The van der Waals surface area contributed by atoms with E-state index in [1.54, 1.807) is 6.07 Å². The Morgan fingerprint density at radius 2 is 2.15 bits per heavy atom. The lowest BCUT2D eigenvalue weighted by Crippen LogP contribution is -2.09. The van der Waals surface area contributed by atoms with Gasteiger partial charge in [0.05, 0.1) is 0 Å². The second-order valence-corrected chi connectivity index (χ2v) is 3.40. The van der Waals surface area contributed by atoms with Gasteiger partial charge < -0.3 is 5.32 Å². The fourth-order valence-electron chi connectivity index (χ4n) is 1.71. The second-order valence-electron chi connectivity index (χ2n) is 3.40. The minimum Gasteiger partial charge on any atom is -0.384 e. The summed E-state index contributed by atoms with van der Waals surface area (Å²) in [5.74, 6) is -2.75. The molecule has 1 N–H and O–H groups in total. The number of nitrogens with one attached hydrogen (secondary N) is 1. The Bertz CT molecular complexity index is 328. The van der Waals surface area contributed by atoms with Crippen LogP contribution in [0.15, 0.2) is 18.2 Å². The minimum absolute atomic E-state index is 0.113. The number of hydrogen-bond donors (Lipinski definition) is 1. The number of fused-ring (bicyclic) bond motifs is 1. The van der Waals surface area contributed by atoms with Crippen molar-refractivity contribution in [1.82, 2.24) is 0 Å². The maximum atomic E-state index is 13.1. The number of anilines is 1. The molecule has 0 fully saturated rings. The number of halogens is 2. The maximum Gasteiger partial charge on any atom is 0.272 e. The van der Waals surface area contributed by atoms with Crippen LogP contribution in [-0.4, -0.2) is 6.54 Å². The van der Waals surface area contributed by atoms with Crippen LogP contribution < -0.4 is 5.32 Å². The summed E-state index contributed by atoms with van der Waals surface area (Å²) in [4.78, 5) is 0. The van der Waals surface area contributed by atoms with Gasteiger partial charge in [0, 0.05) is 24.7 Å². The summed E-state index contributed by atoms with van der Waals surface area (Å²) in [5.41, 5.74) is 1.75. The molecule has 1 heterocycles. The number of para-hydroxylation sites is 1. The molecule has 0 aliphatic carbocycles. The lowest BCUT2D eigenvalue weighted by molar-refractivity contribution is 0.0182. The summed E-state index contributed by atoms with van der Waals surface area (Å²) in [6.45, 7) is 1.70. The lowest BCUT2D eigenvalue weighted by Gasteiger charge is -2.14. The van der Waals surface area contributed by atoms with Gasteiger partial charge >= 0.3 is 0 Å². The molecule has 1 aliphatic heterocycles. The topological polar surface area (TPSA) is 12.0 Å². The van der Waals surface area contributed by atoms with Crippen LogP contribution >= 0.6 is 0 Å². The molecule has 0 unspecified atom stereocenters. The average Bonchev–Trinajstić information content (AvgIpc) is 2.48. The molecule has 0 amide bonds. The SMILES string of the molecule is CC(F)(F)c1cccc2c1NCC2. The van der Waals surface area contributed by atoms with Crippen LogP contribution in [0.1, 0.15) is 18.1 Å². The molecule has 2 rings (SSSR count). The summed E-state index contributed by atoms with van der Waals surface area (Å²) in [6.07, 6.45) is 0.846. The smallest absolute Gasteiger partial charge is 0.272 e. The van der Waals surface area contributed by atoms with Crippen molar-refractivity contribution < 1.29 is 8.78 Å². The van der Waals surface area contributed by atoms with Crippen LogP contribution in [0.4, 0.5) is 14.5 Å². The van der Waals surface area contributed by atoms with Gasteiger partial charge in [0.25, 0.3) is 5.92 Å². The highest BCUT2D eigenvalue weighted by Gasteiger charge is 2.29. The highest BCUT2D eigenvalue weighted by molar-refractivity contribution is 5.62. The summed E-state index contributed by atoms with van der Waals surface area (Å²) >= 11 is 0. The van der Waals surface area contributed by atoms with Gasteiger partial charge in [0.1, 0.15) is 0 Å². The summed E-state index contributed by atoms with van der Waals surface area (Å²) in [6, 6.07) is 5.07. The van der Waals surface area contributed by atoms with E-state index in [0.29, 0.717) is 5.69 Å². The first kappa shape index (κ1) is 8.48. The first-order valence-corrected chi connectivity index (χ1v) is 4.33. The van der Waals surface area contributed by atoms with E-state index in [2.05, 4.69) is 5.32 Å². The van der Waals surface area contributed by atoms with E-state index >= 15 is 0 Å². The Balaban J connectivity index is 2.54. The Morgan fingerprint density at radius 3 is 2.85 bits per heavy atom. The number of benzene rings is 1. The monoisotopic (exact) mass is 183 g/mol. The van der Waals surface area contributed by atoms with Crippen LogP contribution in [0, 0.1) is 0 Å². The van der Waals surface area contributed by atoms with Gasteiger partial charge in [-0.05, 0) is 12.0 Å². The Morgan fingerprint density at radius 1 is 1.38 bits per heavy atom. The molecular weight excluding hydrogens is 172 g/mol. The van der Waals surface area contributed by atoms with Crippen molar-refractivity contribution in [2.75, 3.05) is 11.9 Å². The summed E-state index contributed by atoms with van der Waals surface area (Å²) in [5, 5.41) is 3.00. The van der Waals surface area contributed by atoms with Gasteiger partial charge in [-0.3, -0.25) is 0 Å². The molecule has 13 heavy (non-hydrogen) atoms. The molecule has 0 radical (unpaired) electrons. The maximum absolute atomic E-state index is 13.1. The van der Waals surface area contributed by atoms with E-state index in [9.17, 15) is 8.78 Å². The van der Waals surface area contributed by atoms with E-state index in [1.807, 2.05) is 6.07 Å². The van der Waals surface area contributed by atoms with Crippen LogP contribution in [0.2, 0.25) is 0 Å². The van der Waals surface area contributed by atoms with Crippen molar-refractivity contribution in [3.05, 3.63) is 29.3 Å². The van der Waals surface area contributed by atoms with E-state index in [4.69, 9.17) is 0 Å². The van der Waals surface area contributed by atoms with Crippen molar-refractivity contribution in [3.8, 4) is 0 Å². The first-order valence-electron chi connectivity index (χ1n) is 4.33. The average molecular weight is 183 g/mol. The van der Waals surface area contributed by atoms with Gasteiger partial charge in [-0.25, -0.2) is 8.78 Å². The fourth-order valence-corrected chi connectivity index (χ4v) is 1.71. The highest BCUT2D eigenvalue weighted by atomic mass is 19.3. The van der Waals surface area contributed by atoms with Crippen molar-refractivity contribution >= 4 is 5.69 Å². The molecule has 1 nitrogen and oxygen atoms in total. The zero-order valence-electron chi connectivity index (χ0n) is 7.40.